The summed E-state index contributed by atoms with van der Waals surface area (Å²) in [6, 6.07) is 10.6. The van der Waals surface area contributed by atoms with Crippen molar-refractivity contribution < 1.29 is 14.0 Å². The smallest absolute Gasteiger partial charge is 0.329 e. The molecule has 1 aliphatic carbocycles. The summed E-state index contributed by atoms with van der Waals surface area (Å²) in [5, 5.41) is 3.33. The minimum absolute atomic E-state index is 0.00313. The molecular formula is C20H19ClN2O3. The summed E-state index contributed by atoms with van der Waals surface area (Å²) in [6.45, 7) is 0. The van der Waals surface area contributed by atoms with E-state index in [1.165, 1.54) is 11.3 Å². The monoisotopic (exact) mass is 370 g/mol. The van der Waals surface area contributed by atoms with Crippen LogP contribution in [0.5, 0.6) is 0 Å². The first-order valence-electron chi connectivity index (χ1n) is 8.84. The second-order valence-electron chi connectivity index (χ2n) is 6.66. The summed E-state index contributed by atoms with van der Waals surface area (Å²) < 4.78 is 5.79. The number of nitrogens with one attached hydrogen (secondary N) is 1. The fourth-order valence-electron chi connectivity index (χ4n) is 3.56. The average molecular weight is 371 g/mol. The molecule has 0 atom stereocenters. The van der Waals surface area contributed by atoms with Crippen molar-refractivity contribution >= 4 is 29.6 Å². The molecule has 6 heteroatoms. The molecule has 0 spiro atoms. The van der Waals surface area contributed by atoms with Crippen molar-refractivity contribution in [1.29, 1.82) is 0 Å². The third-order valence-corrected chi connectivity index (χ3v) is 5.14. The van der Waals surface area contributed by atoms with E-state index in [1.807, 2.05) is 18.2 Å². The van der Waals surface area contributed by atoms with Gasteiger partial charge in [-0.15, -0.1) is 0 Å². The molecule has 2 aromatic rings. The minimum Gasteiger partial charge on any atom is -0.457 e. The molecule has 0 unspecified atom stereocenters. The Kier molecular flexibility index (Phi) is 4.55. The zero-order chi connectivity index (χ0) is 18.1. The van der Waals surface area contributed by atoms with Crippen LogP contribution in [0.1, 0.15) is 37.9 Å². The van der Waals surface area contributed by atoms with Gasteiger partial charge in [0.1, 0.15) is 17.2 Å². The molecule has 1 saturated heterocycles. The lowest BCUT2D eigenvalue weighted by Gasteiger charge is -2.28. The first kappa shape index (κ1) is 16.9. The van der Waals surface area contributed by atoms with Crippen LogP contribution >= 0.6 is 11.6 Å². The molecule has 26 heavy (non-hydrogen) atoms. The minimum atomic E-state index is -0.336. The Bertz CT molecular complexity index is 863. The van der Waals surface area contributed by atoms with E-state index in [2.05, 4.69) is 5.32 Å². The van der Waals surface area contributed by atoms with Gasteiger partial charge in [-0.25, -0.2) is 4.79 Å². The topological polar surface area (TPSA) is 62.6 Å². The van der Waals surface area contributed by atoms with E-state index < -0.39 is 0 Å². The van der Waals surface area contributed by atoms with E-state index in [-0.39, 0.29) is 23.7 Å². The van der Waals surface area contributed by atoms with Gasteiger partial charge < -0.3 is 9.73 Å². The van der Waals surface area contributed by atoms with E-state index in [9.17, 15) is 9.59 Å². The Morgan fingerprint density at radius 3 is 2.50 bits per heavy atom. The molecule has 1 aromatic carbocycles. The molecule has 134 valence electrons. The van der Waals surface area contributed by atoms with Crippen molar-refractivity contribution in [2.45, 2.75) is 38.1 Å². The van der Waals surface area contributed by atoms with Crippen LogP contribution in [-0.2, 0) is 4.79 Å². The normalized spacial score (nSPS) is 20.0. The highest BCUT2D eigenvalue weighted by Gasteiger charge is 2.39. The highest BCUT2D eigenvalue weighted by molar-refractivity contribution is 6.30. The van der Waals surface area contributed by atoms with Crippen molar-refractivity contribution in [2.24, 2.45) is 0 Å². The number of hydrogen-bond donors (Lipinski definition) is 1. The number of urea groups is 1. The van der Waals surface area contributed by atoms with Crippen LogP contribution in [0.3, 0.4) is 0 Å². The lowest BCUT2D eigenvalue weighted by atomic mass is 9.94. The Balaban J connectivity index is 1.54. The maximum atomic E-state index is 12.7. The Labute approximate surface area is 156 Å². The first-order chi connectivity index (χ1) is 12.6. The fraction of sp³-hybridized carbons (Fsp3) is 0.300. The maximum absolute atomic E-state index is 12.7. The van der Waals surface area contributed by atoms with Crippen molar-refractivity contribution in [3.05, 3.63) is 52.9 Å². The lowest BCUT2D eigenvalue weighted by Crippen LogP contribution is -2.41. The predicted octanol–water partition coefficient (Wildman–Crippen LogP) is 4.83. The number of benzene rings is 1. The number of halogens is 1. The molecule has 2 fully saturated rings. The Hall–Kier alpha value is -2.53. The number of carbonyl (C=O) groups excluding carboxylic acids is 2. The second-order valence-corrected chi connectivity index (χ2v) is 7.10. The summed E-state index contributed by atoms with van der Waals surface area (Å²) in [5.74, 6) is 0.921. The standard InChI is InChI=1S/C20H19ClN2O3/c21-14-8-6-13(7-9-14)18-11-10-16(26-18)12-17-19(24)23(20(25)22-17)15-4-2-1-3-5-15/h6-12,15H,1-5H2,(H,22,25)/b17-12-. The van der Waals surface area contributed by atoms with Crippen LogP contribution in [-0.4, -0.2) is 22.9 Å². The molecule has 5 nitrogen and oxygen atoms in total. The predicted molar refractivity (Wildman–Crippen MR) is 99.4 cm³/mol. The Morgan fingerprint density at radius 1 is 1.04 bits per heavy atom. The van der Waals surface area contributed by atoms with Crippen LogP contribution in [0.15, 0.2) is 46.5 Å². The fourth-order valence-corrected chi connectivity index (χ4v) is 3.69. The van der Waals surface area contributed by atoms with Gasteiger partial charge in [0.15, 0.2) is 0 Å². The maximum Gasteiger partial charge on any atom is 0.329 e. The summed E-state index contributed by atoms with van der Waals surface area (Å²) >= 11 is 5.90. The van der Waals surface area contributed by atoms with Gasteiger partial charge in [0.25, 0.3) is 5.91 Å². The highest BCUT2D eigenvalue weighted by atomic mass is 35.5. The number of hydrogen-bond acceptors (Lipinski definition) is 3. The molecule has 1 N–H and O–H groups in total. The third kappa shape index (κ3) is 3.27. The summed E-state index contributed by atoms with van der Waals surface area (Å²) in [7, 11) is 0. The zero-order valence-corrected chi connectivity index (χ0v) is 15.0. The number of rotatable bonds is 3. The van der Waals surface area contributed by atoms with E-state index in [0.717, 1.165) is 31.2 Å². The number of nitrogens with zero attached hydrogens (tertiary/aromatic N) is 1. The molecule has 4 rings (SSSR count). The molecule has 2 heterocycles. The largest absolute Gasteiger partial charge is 0.457 e. The van der Waals surface area contributed by atoms with Crippen molar-refractivity contribution in [2.75, 3.05) is 0 Å². The van der Waals surface area contributed by atoms with Crippen LogP contribution in [0, 0.1) is 0 Å². The number of amides is 3. The summed E-state index contributed by atoms with van der Waals surface area (Å²) in [5.41, 5.74) is 1.15. The van der Waals surface area contributed by atoms with Gasteiger partial charge in [-0.2, -0.15) is 0 Å². The quantitative estimate of drug-likeness (QED) is 0.622. The highest BCUT2D eigenvalue weighted by Crippen LogP contribution is 2.28. The molecule has 1 aliphatic heterocycles. The van der Waals surface area contributed by atoms with Crippen molar-refractivity contribution in [3.8, 4) is 11.3 Å². The van der Waals surface area contributed by atoms with Crippen LogP contribution in [0.2, 0.25) is 5.02 Å². The van der Waals surface area contributed by atoms with Crippen LogP contribution in [0.25, 0.3) is 17.4 Å². The average Bonchev–Trinajstić information content (AvgIpc) is 3.21. The number of imide groups is 1. The van der Waals surface area contributed by atoms with E-state index in [4.69, 9.17) is 16.0 Å². The van der Waals surface area contributed by atoms with Gasteiger partial charge in [0.2, 0.25) is 0 Å². The molecular weight excluding hydrogens is 352 g/mol. The van der Waals surface area contributed by atoms with Gasteiger partial charge in [0, 0.05) is 22.7 Å². The van der Waals surface area contributed by atoms with Gasteiger partial charge in [-0.05, 0) is 49.2 Å². The summed E-state index contributed by atoms with van der Waals surface area (Å²) in [6.07, 6.45) is 6.64. The van der Waals surface area contributed by atoms with Crippen LogP contribution < -0.4 is 5.32 Å². The zero-order valence-electron chi connectivity index (χ0n) is 14.2. The number of carbonyl (C=O) groups is 2. The van der Waals surface area contributed by atoms with Gasteiger partial charge in [-0.3, -0.25) is 9.69 Å². The number of furan rings is 1. The van der Waals surface area contributed by atoms with E-state index >= 15 is 0 Å². The third-order valence-electron chi connectivity index (χ3n) is 4.89. The van der Waals surface area contributed by atoms with E-state index in [1.54, 1.807) is 24.3 Å². The van der Waals surface area contributed by atoms with Gasteiger partial charge >= 0.3 is 6.03 Å². The van der Waals surface area contributed by atoms with Gasteiger partial charge in [0.05, 0.1) is 0 Å². The van der Waals surface area contributed by atoms with Gasteiger partial charge in [-0.1, -0.05) is 30.9 Å². The molecule has 3 amide bonds. The molecule has 0 radical (unpaired) electrons. The Morgan fingerprint density at radius 2 is 1.77 bits per heavy atom. The molecule has 1 saturated carbocycles. The lowest BCUT2D eigenvalue weighted by molar-refractivity contribution is -0.124. The molecule has 1 aromatic heterocycles. The SMILES string of the molecule is O=C1N/C(=C\c2ccc(-c3ccc(Cl)cc3)o2)C(=O)N1C1CCCCC1. The first-order valence-corrected chi connectivity index (χ1v) is 9.21. The summed E-state index contributed by atoms with van der Waals surface area (Å²) in [4.78, 5) is 26.3. The molecule has 2 aliphatic rings. The van der Waals surface area contributed by atoms with Crippen LogP contribution in [0.4, 0.5) is 4.79 Å². The second kappa shape index (κ2) is 7.00. The van der Waals surface area contributed by atoms with Crippen molar-refractivity contribution in [3.63, 3.8) is 0 Å². The van der Waals surface area contributed by atoms with Crippen molar-refractivity contribution in [1.82, 2.24) is 10.2 Å². The van der Waals surface area contributed by atoms with E-state index in [0.29, 0.717) is 16.5 Å². The molecule has 0 bridgehead atoms.